The minimum atomic E-state index is -3.39. The van der Waals surface area contributed by atoms with Crippen molar-refractivity contribution in [2.24, 2.45) is 0 Å². The Hall–Kier alpha value is -0.910. The van der Waals surface area contributed by atoms with E-state index in [9.17, 15) is 8.42 Å². The van der Waals surface area contributed by atoms with E-state index in [0.29, 0.717) is 10.9 Å². The summed E-state index contributed by atoms with van der Waals surface area (Å²) in [4.78, 5) is 0.343. The SMILES string of the molecule is CCCC(C)NS(=O)(=O)c1ccc(CNC2CC2)cc1. The standard InChI is InChI=1S/C15H24N2O2S/c1-3-4-12(2)17-20(18,19)15-9-5-13(6-10-15)11-16-14-7-8-14/h5-6,9-10,12,14,16-17H,3-4,7-8,11H2,1-2H3. The molecule has 1 aliphatic carbocycles. The number of rotatable bonds is 8. The lowest BCUT2D eigenvalue weighted by Crippen LogP contribution is -2.32. The summed E-state index contributed by atoms with van der Waals surface area (Å²) in [6, 6.07) is 7.77. The second kappa shape index (κ2) is 6.70. The highest BCUT2D eigenvalue weighted by Crippen LogP contribution is 2.19. The Morgan fingerprint density at radius 1 is 1.25 bits per heavy atom. The van der Waals surface area contributed by atoms with Gasteiger partial charge in [-0.05, 0) is 43.9 Å². The Morgan fingerprint density at radius 3 is 2.45 bits per heavy atom. The number of nitrogens with one attached hydrogen (secondary N) is 2. The van der Waals surface area contributed by atoms with Gasteiger partial charge in [-0.15, -0.1) is 0 Å². The van der Waals surface area contributed by atoms with Gasteiger partial charge >= 0.3 is 0 Å². The molecule has 0 radical (unpaired) electrons. The first-order valence-electron chi connectivity index (χ1n) is 7.36. The molecular weight excluding hydrogens is 272 g/mol. The molecule has 1 aromatic rings. The van der Waals surface area contributed by atoms with Gasteiger partial charge in [0.05, 0.1) is 4.90 Å². The molecule has 1 atom stereocenters. The van der Waals surface area contributed by atoms with Crippen molar-refractivity contribution in [1.82, 2.24) is 10.0 Å². The van der Waals surface area contributed by atoms with Crippen LogP contribution in [0.25, 0.3) is 0 Å². The quantitative estimate of drug-likeness (QED) is 0.774. The second-order valence-electron chi connectivity index (χ2n) is 5.61. The molecule has 1 aromatic carbocycles. The molecule has 2 N–H and O–H groups in total. The Bertz CT molecular complexity index is 521. The topological polar surface area (TPSA) is 58.2 Å². The molecule has 0 amide bonds. The minimum absolute atomic E-state index is 0.0267. The zero-order valence-corrected chi connectivity index (χ0v) is 13.0. The molecule has 0 bridgehead atoms. The molecule has 1 saturated carbocycles. The summed E-state index contributed by atoms with van der Waals surface area (Å²) < 4.78 is 27.1. The molecule has 0 aliphatic heterocycles. The summed E-state index contributed by atoms with van der Waals surface area (Å²) in [5, 5.41) is 3.41. The van der Waals surface area contributed by atoms with E-state index in [1.54, 1.807) is 12.1 Å². The average Bonchev–Trinajstić information content (AvgIpc) is 3.20. The van der Waals surface area contributed by atoms with E-state index in [0.717, 1.165) is 24.9 Å². The predicted octanol–water partition coefficient (Wildman–Crippen LogP) is 2.41. The molecule has 2 rings (SSSR count). The van der Waals surface area contributed by atoms with Crippen LogP contribution in [0.1, 0.15) is 45.1 Å². The number of sulfonamides is 1. The molecule has 1 unspecified atom stereocenters. The zero-order chi connectivity index (χ0) is 14.6. The second-order valence-corrected chi connectivity index (χ2v) is 7.32. The van der Waals surface area contributed by atoms with E-state index in [2.05, 4.69) is 10.0 Å². The van der Waals surface area contributed by atoms with Gasteiger partial charge in [-0.25, -0.2) is 13.1 Å². The van der Waals surface area contributed by atoms with Crippen molar-refractivity contribution >= 4 is 10.0 Å². The molecule has 20 heavy (non-hydrogen) atoms. The maximum absolute atomic E-state index is 12.2. The molecule has 1 aliphatic rings. The van der Waals surface area contributed by atoms with Crippen LogP contribution in [0.5, 0.6) is 0 Å². The Balaban J connectivity index is 1.96. The molecule has 0 saturated heterocycles. The lowest BCUT2D eigenvalue weighted by atomic mass is 10.2. The third kappa shape index (κ3) is 4.58. The van der Waals surface area contributed by atoms with Crippen LogP contribution in [0.4, 0.5) is 0 Å². The molecule has 0 spiro atoms. The van der Waals surface area contributed by atoms with Gasteiger partial charge in [0.25, 0.3) is 0 Å². The van der Waals surface area contributed by atoms with Crippen LogP contribution >= 0.6 is 0 Å². The van der Waals surface area contributed by atoms with Gasteiger partial charge in [-0.1, -0.05) is 25.5 Å². The fourth-order valence-corrected chi connectivity index (χ4v) is 3.44. The van der Waals surface area contributed by atoms with Gasteiger partial charge in [-0.2, -0.15) is 0 Å². The molecule has 1 fully saturated rings. The van der Waals surface area contributed by atoms with E-state index in [1.165, 1.54) is 12.8 Å². The van der Waals surface area contributed by atoms with Crippen molar-refractivity contribution in [2.45, 2.75) is 63.1 Å². The molecule has 5 heteroatoms. The van der Waals surface area contributed by atoms with Crippen LogP contribution in [0.15, 0.2) is 29.2 Å². The van der Waals surface area contributed by atoms with E-state index < -0.39 is 10.0 Å². The minimum Gasteiger partial charge on any atom is -0.310 e. The Morgan fingerprint density at radius 2 is 1.90 bits per heavy atom. The number of hydrogen-bond acceptors (Lipinski definition) is 3. The smallest absolute Gasteiger partial charge is 0.240 e. The van der Waals surface area contributed by atoms with Crippen LogP contribution in [0, 0.1) is 0 Å². The van der Waals surface area contributed by atoms with Crippen molar-refractivity contribution in [2.75, 3.05) is 0 Å². The summed E-state index contributed by atoms with van der Waals surface area (Å²) in [5.74, 6) is 0. The third-order valence-corrected chi connectivity index (χ3v) is 5.09. The van der Waals surface area contributed by atoms with Gasteiger partial charge in [-0.3, -0.25) is 0 Å². The molecule has 112 valence electrons. The van der Waals surface area contributed by atoms with Crippen molar-refractivity contribution in [3.05, 3.63) is 29.8 Å². The molecular formula is C15H24N2O2S. The van der Waals surface area contributed by atoms with E-state index >= 15 is 0 Å². The normalized spacial score (nSPS) is 17.1. The molecule has 4 nitrogen and oxygen atoms in total. The summed E-state index contributed by atoms with van der Waals surface area (Å²) in [5.41, 5.74) is 1.12. The first kappa shape index (κ1) is 15.5. The van der Waals surface area contributed by atoms with Gasteiger partial charge in [0.15, 0.2) is 0 Å². The fourth-order valence-electron chi connectivity index (χ4n) is 2.16. The fraction of sp³-hybridized carbons (Fsp3) is 0.600. The van der Waals surface area contributed by atoms with Crippen LogP contribution < -0.4 is 10.0 Å². The van der Waals surface area contributed by atoms with Crippen LogP contribution in [0.3, 0.4) is 0 Å². The van der Waals surface area contributed by atoms with Crippen LogP contribution in [-0.2, 0) is 16.6 Å². The summed E-state index contributed by atoms with van der Waals surface area (Å²) >= 11 is 0. The average molecular weight is 296 g/mol. The predicted molar refractivity (Wildman–Crippen MR) is 81.0 cm³/mol. The Kier molecular flexibility index (Phi) is 5.18. The van der Waals surface area contributed by atoms with Crippen molar-refractivity contribution < 1.29 is 8.42 Å². The van der Waals surface area contributed by atoms with E-state index in [4.69, 9.17) is 0 Å². The number of hydrogen-bond donors (Lipinski definition) is 2. The first-order chi connectivity index (χ1) is 9.51. The molecule has 0 aromatic heterocycles. The monoisotopic (exact) mass is 296 g/mol. The van der Waals surface area contributed by atoms with Gasteiger partial charge < -0.3 is 5.32 Å². The summed E-state index contributed by atoms with van der Waals surface area (Å²) in [6.45, 7) is 4.76. The largest absolute Gasteiger partial charge is 0.310 e. The zero-order valence-electron chi connectivity index (χ0n) is 12.2. The summed E-state index contributed by atoms with van der Waals surface area (Å²) in [6.07, 6.45) is 4.33. The maximum Gasteiger partial charge on any atom is 0.240 e. The van der Waals surface area contributed by atoms with Crippen molar-refractivity contribution in [1.29, 1.82) is 0 Å². The number of benzene rings is 1. The van der Waals surface area contributed by atoms with Crippen LogP contribution in [-0.4, -0.2) is 20.5 Å². The highest BCUT2D eigenvalue weighted by Gasteiger charge is 2.20. The summed E-state index contributed by atoms with van der Waals surface area (Å²) in [7, 11) is -3.39. The maximum atomic E-state index is 12.2. The Labute approximate surface area is 122 Å². The first-order valence-corrected chi connectivity index (χ1v) is 8.84. The van der Waals surface area contributed by atoms with Gasteiger partial charge in [0.1, 0.15) is 0 Å². The van der Waals surface area contributed by atoms with Gasteiger partial charge in [0, 0.05) is 18.6 Å². The van der Waals surface area contributed by atoms with Crippen molar-refractivity contribution in [3.8, 4) is 0 Å². The van der Waals surface area contributed by atoms with Gasteiger partial charge in [0.2, 0.25) is 10.0 Å². The van der Waals surface area contributed by atoms with E-state index in [1.807, 2.05) is 26.0 Å². The molecule has 0 heterocycles. The van der Waals surface area contributed by atoms with Crippen molar-refractivity contribution in [3.63, 3.8) is 0 Å². The van der Waals surface area contributed by atoms with E-state index in [-0.39, 0.29) is 6.04 Å². The van der Waals surface area contributed by atoms with Crippen LogP contribution in [0.2, 0.25) is 0 Å². The highest BCUT2D eigenvalue weighted by molar-refractivity contribution is 7.89. The lowest BCUT2D eigenvalue weighted by Gasteiger charge is -2.13. The lowest BCUT2D eigenvalue weighted by molar-refractivity contribution is 0.544. The highest BCUT2D eigenvalue weighted by atomic mass is 32.2. The third-order valence-electron chi connectivity index (χ3n) is 3.48.